The summed E-state index contributed by atoms with van der Waals surface area (Å²) in [6.07, 6.45) is 1.66. The van der Waals surface area contributed by atoms with Crippen molar-refractivity contribution >= 4 is 40.9 Å². The van der Waals surface area contributed by atoms with Crippen LogP contribution in [0.25, 0.3) is 5.70 Å². The number of unbranched alkanes of at least 4 members (excludes halogenated alkanes) is 1. The molecule has 0 saturated heterocycles. The number of urea groups is 1. The van der Waals surface area contributed by atoms with E-state index in [1.807, 2.05) is 55.5 Å². The van der Waals surface area contributed by atoms with Gasteiger partial charge in [0.15, 0.2) is 0 Å². The molecule has 202 valence electrons. The summed E-state index contributed by atoms with van der Waals surface area (Å²) in [6, 6.07) is 24.4. The van der Waals surface area contributed by atoms with Crippen molar-refractivity contribution in [3.63, 3.8) is 0 Å². The van der Waals surface area contributed by atoms with E-state index in [0.717, 1.165) is 18.4 Å². The third-order valence-corrected chi connectivity index (χ3v) is 6.86. The van der Waals surface area contributed by atoms with Gasteiger partial charge in [0.05, 0.1) is 23.9 Å². The molecule has 4 rings (SSSR count). The fourth-order valence-corrected chi connectivity index (χ4v) is 4.74. The molecule has 8 heteroatoms. The SMILES string of the molecule is CCCCN1C(=O)N[C@H](c2cccc(NC(=O)[C@@H](Cl)c3ccccc3)c2)C(C(=O)OCC)=C1c1ccccc1. The maximum atomic E-state index is 13.5. The van der Waals surface area contributed by atoms with Crippen LogP contribution in [0.2, 0.25) is 0 Å². The van der Waals surface area contributed by atoms with Gasteiger partial charge in [-0.1, -0.05) is 86.1 Å². The number of ether oxygens (including phenoxy) is 1. The van der Waals surface area contributed by atoms with Crippen LogP contribution in [0.3, 0.4) is 0 Å². The molecule has 7 nitrogen and oxygen atoms in total. The minimum atomic E-state index is -0.879. The van der Waals surface area contributed by atoms with Gasteiger partial charge in [-0.25, -0.2) is 9.59 Å². The van der Waals surface area contributed by atoms with E-state index in [2.05, 4.69) is 10.6 Å². The van der Waals surface area contributed by atoms with Gasteiger partial charge in [-0.15, -0.1) is 11.6 Å². The Kier molecular flexibility index (Phi) is 9.39. The van der Waals surface area contributed by atoms with Crippen molar-refractivity contribution in [3.05, 3.63) is 107 Å². The summed E-state index contributed by atoms with van der Waals surface area (Å²) in [5.41, 5.74) is 3.40. The number of hydrogen-bond acceptors (Lipinski definition) is 4. The normalized spacial score (nSPS) is 15.9. The molecule has 2 atom stereocenters. The number of nitrogens with one attached hydrogen (secondary N) is 2. The minimum Gasteiger partial charge on any atom is -0.463 e. The second kappa shape index (κ2) is 13.1. The summed E-state index contributed by atoms with van der Waals surface area (Å²) >= 11 is 6.42. The number of nitrogens with zero attached hydrogens (tertiary/aromatic N) is 1. The Labute approximate surface area is 233 Å². The van der Waals surface area contributed by atoms with Gasteiger partial charge in [0, 0.05) is 12.2 Å². The zero-order chi connectivity index (χ0) is 27.8. The van der Waals surface area contributed by atoms with Gasteiger partial charge >= 0.3 is 12.0 Å². The second-order valence-electron chi connectivity index (χ2n) is 9.12. The summed E-state index contributed by atoms with van der Waals surface area (Å²) in [4.78, 5) is 41.4. The highest BCUT2D eigenvalue weighted by molar-refractivity contribution is 6.32. The van der Waals surface area contributed by atoms with Gasteiger partial charge < -0.3 is 15.4 Å². The Morgan fingerprint density at radius 1 is 1.00 bits per heavy atom. The van der Waals surface area contributed by atoms with Gasteiger partial charge in [-0.05, 0) is 42.2 Å². The summed E-state index contributed by atoms with van der Waals surface area (Å²) in [6.45, 7) is 4.44. The Hall–Kier alpha value is -4.10. The summed E-state index contributed by atoms with van der Waals surface area (Å²) in [5, 5.41) is 4.97. The number of hydrogen-bond donors (Lipinski definition) is 2. The maximum absolute atomic E-state index is 13.5. The molecular weight excluding hydrogens is 514 g/mol. The molecular formula is C31H32ClN3O4. The lowest BCUT2D eigenvalue weighted by Crippen LogP contribution is -2.48. The lowest BCUT2D eigenvalue weighted by molar-refractivity contribution is -0.139. The third-order valence-electron chi connectivity index (χ3n) is 6.41. The average molecular weight is 546 g/mol. The number of carbonyl (C=O) groups excluding carboxylic acids is 3. The molecule has 2 N–H and O–H groups in total. The first kappa shape index (κ1) is 27.9. The number of carbonyl (C=O) groups is 3. The van der Waals surface area contributed by atoms with Crippen LogP contribution in [0.15, 0.2) is 90.5 Å². The Morgan fingerprint density at radius 3 is 2.36 bits per heavy atom. The van der Waals surface area contributed by atoms with Crippen LogP contribution in [0.1, 0.15) is 54.8 Å². The molecule has 0 radical (unpaired) electrons. The highest BCUT2D eigenvalue weighted by Crippen LogP contribution is 2.37. The van der Waals surface area contributed by atoms with Crippen molar-refractivity contribution < 1.29 is 19.1 Å². The molecule has 1 aliphatic heterocycles. The largest absolute Gasteiger partial charge is 0.463 e. The van der Waals surface area contributed by atoms with E-state index in [-0.39, 0.29) is 18.5 Å². The van der Waals surface area contributed by atoms with E-state index >= 15 is 0 Å². The summed E-state index contributed by atoms with van der Waals surface area (Å²) in [7, 11) is 0. The van der Waals surface area contributed by atoms with Gasteiger partial charge in [-0.3, -0.25) is 9.69 Å². The molecule has 0 spiro atoms. The van der Waals surface area contributed by atoms with Gasteiger partial charge in [-0.2, -0.15) is 0 Å². The standard InChI is InChI=1S/C31H32ClN3O4/c1-3-5-19-35-28(22-15-10-7-11-16-22)25(30(37)39-4-2)27(34-31(35)38)23-17-12-18-24(20-23)33-29(36)26(32)21-13-8-6-9-14-21/h6-18,20,26-27H,3-5,19H2,1-2H3,(H,33,36)(H,34,38)/t26-,27+/m0/s1. The predicted octanol–water partition coefficient (Wildman–Crippen LogP) is 6.45. The van der Waals surface area contributed by atoms with E-state index in [1.54, 1.807) is 48.2 Å². The minimum absolute atomic E-state index is 0.187. The van der Waals surface area contributed by atoms with E-state index in [4.69, 9.17) is 16.3 Å². The first-order valence-corrected chi connectivity index (χ1v) is 13.5. The average Bonchev–Trinajstić information content (AvgIpc) is 2.96. The number of rotatable bonds is 10. The van der Waals surface area contributed by atoms with Crippen molar-refractivity contribution in [3.8, 4) is 0 Å². The van der Waals surface area contributed by atoms with Crippen LogP contribution < -0.4 is 10.6 Å². The Bertz CT molecular complexity index is 1340. The zero-order valence-corrected chi connectivity index (χ0v) is 22.8. The van der Waals surface area contributed by atoms with E-state index in [1.165, 1.54) is 0 Å². The smallest absolute Gasteiger partial charge is 0.338 e. The molecule has 3 aromatic rings. The van der Waals surface area contributed by atoms with Crippen molar-refractivity contribution in [2.75, 3.05) is 18.5 Å². The molecule has 39 heavy (non-hydrogen) atoms. The molecule has 0 fully saturated rings. The first-order chi connectivity index (χ1) is 18.9. The summed E-state index contributed by atoms with van der Waals surface area (Å²) in [5.74, 6) is -0.897. The van der Waals surface area contributed by atoms with Crippen LogP contribution in [0.4, 0.5) is 10.5 Å². The Balaban J connectivity index is 1.75. The van der Waals surface area contributed by atoms with Crippen molar-refractivity contribution in [1.82, 2.24) is 10.2 Å². The Morgan fingerprint density at radius 2 is 1.69 bits per heavy atom. The van der Waals surface area contributed by atoms with Gasteiger partial charge in [0.2, 0.25) is 5.91 Å². The van der Waals surface area contributed by atoms with Crippen LogP contribution in [-0.2, 0) is 14.3 Å². The number of amides is 3. The van der Waals surface area contributed by atoms with Crippen molar-refractivity contribution in [1.29, 1.82) is 0 Å². The molecule has 0 saturated carbocycles. The van der Waals surface area contributed by atoms with Gasteiger partial charge in [0.25, 0.3) is 0 Å². The van der Waals surface area contributed by atoms with Crippen LogP contribution >= 0.6 is 11.6 Å². The third kappa shape index (κ3) is 6.49. The van der Waals surface area contributed by atoms with E-state index in [0.29, 0.717) is 34.6 Å². The van der Waals surface area contributed by atoms with Gasteiger partial charge in [0.1, 0.15) is 5.38 Å². The van der Waals surface area contributed by atoms with E-state index < -0.39 is 17.4 Å². The fraction of sp³-hybridized carbons (Fsp3) is 0.258. The molecule has 0 aromatic heterocycles. The fourth-order valence-electron chi connectivity index (χ4n) is 4.54. The maximum Gasteiger partial charge on any atom is 0.338 e. The highest BCUT2D eigenvalue weighted by Gasteiger charge is 2.38. The van der Waals surface area contributed by atoms with Crippen LogP contribution in [-0.4, -0.2) is 36.0 Å². The lowest BCUT2D eigenvalue weighted by Gasteiger charge is -2.37. The monoisotopic (exact) mass is 545 g/mol. The van der Waals surface area contributed by atoms with Crippen molar-refractivity contribution in [2.45, 2.75) is 38.1 Å². The number of benzene rings is 3. The number of anilines is 1. The van der Waals surface area contributed by atoms with E-state index in [9.17, 15) is 14.4 Å². The number of esters is 1. The first-order valence-electron chi connectivity index (χ1n) is 13.1. The van der Waals surface area contributed by atoms with Crippen molar-refractivity contribution in [2.24, 2.45) is 0 Å². The molecule has 0 aliphatic carbocycles. The molecule has 0 bridgehead atoms. The zero-order valence-electron chi connectivity index (χ0n) is 22.0. The number of alkyl halides is 1. The summed E-state index contributed by atoms with van der Waals surface area (Å²) < 4.78 is 5.49. The quantitative estimate of drug-likeness (QED) is 0.226. The van der Waals surface area contributed by atoms with Crippen LogP contribution in [0.5, 0.6) is 0 Å². The predicted molar refractivity (Wildman–Crippen MR) is 153 cm³/mol. The molecule has 1 heterocycles. The molecule has 1 aliphatic rings. The topological polar surface area (TPSA) is 87.7 Å². The molecule has 0 unspecified atom stereocenters. The number of halogens is 1. The lowest BCUT2D eigenvalue weighted by atomic mass is 9.91. The van der Waals surface area contributed by atoms with Crippen LogP contribution in [0, 0.1) is 0 Å². The second-order valence-corrected chi connectivity index (χ2v) is 9.56. The molecule has 3 aromatic carbocycles. The molecule has 3 amide bonds. The highest BCUT2D eigenvalue weighted by atomic mass is 35.5.